The first kappa shape index (κ1) is 55.2. The first-order chi connectivity index (χ1) is 30.6. The number of carbonyl (C=O) groups is 5. The number of ether oxygens (including phenoxy) is 3. The Kier molecular flexibility index (Phi) is 22.3. The number of nitrogens with zero attached hydrogens (tertiary/aromatic N) is 4. The zero-order chi connectivity index (χ0) is 48.6. The maximum Gasteiger partial charge on any atom is 0.407 e. The molecule has 1 aliphatic heterocycles. The van der Waals surface area contributed by atoms with Crippen LogP contribution in [0.1, 0.15) is 118 Å². The van der Waals surface area contributed by atoms with Crippen molar-refractivity contribution in [3.05, 3.63) is 52.5 Å². The molecule has 0 radical (unpaired) electrons. The SMILES string of the molecule is CC[C@H](C)[C@@H]([C@@H](CC(=O)N1CCC[C@H]1[C@H](OC)[C@@H](C)C(=O)N[C@@H](Cc1ccccc1)c1nccs1)OC)N(C)C(=O)[C@@H](NC(=O)[C@H](C(C)C)N(C)CCCNC(=O)OC(C)(C)C)C(C)C. The number of likely N-dealkylation sites (tertiary alicyclic amines) is 1. The molecule has 9 atom stereocenters. The van der Waals surface area contributed by atoms with Gasteiger partial charge in [0.1, 0.15) is 16.7 Å². The van der Waals surface area contributed by atoms with Crippen LogP contribution >= 0.6 is 11.3 Å². The van der Waals surface area contributed by atoms with Crippen molar-refractivity contribution in [3.63, 3.8) is 0 Å². The highest BCUT2D eigenvalue weighted by Crippen LogP contribution is 2.31. The molecule has 1 aromatic heterocycles. The number of alkyl carbamates (subject to hydrolysis) is 1. The van der Waals surface area contributed by atoms with Crippen molar-refractivity contribution in [1.82, 2.24) is 35.6 Å². The lowest BCUT2D eigenvalue weighted by atomic mass is 9.89. The third-order valence-electron chi connectivity index (χ3n) is 12.6. The number of hydrogen-bond acceptors (Lipinski definition) is 11. The van der Waals surface area contributed by atoms with Crippen LogP contribution in [0.4, 0.5) is 4.79 Å². The fourth-order valence-electron chi connectivity index (χ4n) is 9.02. The second-order valence-corrected chi connectivity index (χ2v) is 20.3. The minimum Gasteiger partial charge on any atom is -0.444 e. The van der Waals surface area contributed by atoms with E-state index < -0.39 is 47.9 Å². The summed E-state index contributed by atoms with van der Waals surface area (Å²) in [6, 6.07) is 7.47. The Morgan fingerprint density at radius 3 is 2.17 bits per heavy atom. The maximum absolute atomic E-state index is 14.6. The molecule has 16 heteroatoms. The zero-order valence-electron chi connectivity index (χ0n) is 41.7. The smallest absolute Gasteiger partial charge is 0.407 e. The molecule has 65 heavy (non-hydrogen) atoms. The lowest BCUT2D eigenvalue weighted by molar-refractivity contribution is -0.148. The first-order valence-corrected chi connectivity index (χ1v) is 24.4. The van der Waals surface area contributed by atoms with Crippen LogP contribution in [0, 0.1) is 23.7 Å². The molecule has 0 saturated carbocycles. The molecule has 1 aromatic carbocycles. The number of thiazole rings is 1. The van der Waals surface area contributed by atoms with Crippen molar-refractivity contribution < 1.29 is 38.2 Å². The third kappa shape index (κ3) is 16.3. The standard InChI is InChI=1S/C49H81N7O8S/c1-15-33(6)42(55(12)47(60)40(31(2)3)53-45(59)41(32(4)5)54(11)26-20-24-51-48(61)64-49(8,9)10)38(62-13)30-39(57)56-27-19-23-37(56)43(63-14)34(7)44(58)52-36(46-50-25-28-65-46)29-35-21-17-16-18-22-35/h16-18,21-22,25,28,31-34,36-38,40-43H,15,19-20,23-24,26-27,29-30H2,1-14H3,(H,51,61)(H,52,58)(H,53,59)/t33-,34+,36-,37-,38+,40-,41-,42-,43+/m0/s1. The molecule has 3 N–H and O–H groups in total. The number of amides is 5. The Bertz CT molecular complexity index is 1770. The van der Waals surface area contributed by atoms with Gasteiger partial charge in [0, 0.05) is 52.5 Å². The van der Waals surface area contributed by atoms with Crippen LogP contribution in [0.3, 0.4) is 0 Å². The van der Waals surface area contributed by atoms with Gasteiger partial charge in [-0.15, -0.1) is 11.3 Å². The molecule has 2 heterocycles. The molecule has 0 unspecified atom stereocenters. The number of methoxy groups -OCH3 is 2. The predicted molar refractivity (Wildman–Crippen MR) is 256 cm³/mol. The minimum absolute atomic E-state index is 0.0154. The van der Waals surface area contributed by atoms with E-state index in [1.165, 1.54) is 11.3 Å². The molecular weight excluding hydrogens is 847 g/mol. The van der Waals surface area contributed by atoms with E-state index in [-0.39, 0.29) is 59.9 Å². The molecule has 0 aliphatic carbocycles. The van der Waals surface area contributed by atoms with Crippen molar-refractivity contribution in [1.29, 1.82) is 0 Å². The average molecular weight is 928 g/mol. The summed E-state index contributed by atoms with van der Waals surface area (Å²) in [4.78, 5) is 79.2. The Morgan fingerprint density at radius 2 is 1.62 bits per heavy atom. The van der Waals surface area contributed by atoms with E-state index in [0.717, 1.165) is 23.4 Å². The van der Waals surface area contributed by atoms with Gasteiger partial charge in [0.05, 0.1) is 48.7 Å². The van der Waals surface area contributed by atoms with Gasteiger partial charge < -0.3 is 40.0 Å². The second kappa shape index (κ2) is 26.3. The van der Waals surface area contributed by atoms with E-state index in [2.05, 4.69) is 20.9 Å². The van der Waals surface area contributed by atoms with E-state index in [1.54, 1.807) is 32.4 Å². The number of hydrogen-bond donors (Lipinski definition) is 3. The normalized spacial score (nSPS) is 18.0. The van der Waals surface area contributed by atoms with Gasteiger partial charge >= 0.3 is 6.09 Å². The molecule has 2 aromatic rings. The highest BCUT2D eigenvalue weighted by atomic mass is 32.1. The quantitative estimate of drug-likeness (QED) is 0.0938. The molecule has 366 valence electrons. The van der Waals surface area contributed by atoms with Crippen molar-refractivity contribution in [2.24, 2.45) is 23.7 Å². The van der Waals surface area contributed by atoms with Crippen LogP contribution in [0.2, 0.25) is 0 Å². The fraction of sp³-hybridized carbons (Fsp3) is 0.714. The van der Waals surface area contributed by atoms with Crippen LogP contribution in [0.15, 0.2) is 41.9 Å². The Hall–Kier alpha value is -4.12. The summed E-state index contributed by atoms with van der Waals surface area (Å²) in [6.07, 6.45) is 3.39. The van der Waals surface area contributed by atoms with Gasteiger partial charge in [-0.2, -0.15) is 0 Å². The van der Waals surface area contributed by atoms with Gasteiger partial charge in [0.15, 0.2) is 0 Å². The molecular formula is C49H81N7O8S. The fourth-order valence-corrected chi connectivity index (χ4v) is 9.71. The monoisotopic (exact) mass is 928 g/mol. The van der Waals surface area contributed by atoms with E-state index >= 15 is 0 Å². The van der Waals surface area contributed by atoms with E-state index in [4.69, 9.17) is 14.2 Å². The molecule has 0 spiro atoms. The Labute approximate surface area is 393 Å². The van der Waals surface area contributed by atoms with Crippen LogP contribution in [0.5, 0.6) is 0 Å². The van der Waals surface area contributed by atoms with E-state index in [1.807, 2.05) is 122 Å². The van der Waals surface area contributed by atoms with E-state index in [0.29, 0.717) is 38.9 Å². The third-order valence-corrected chi connectivity index (χ3v) is 13.5. The number of nitrogens with one attached hydrogen (secondary N) is 3. The van der Waals surface area contributed by atoms with Gasteiger partial charge in [-0.1, -0.05) is 85.2 Å². The summed E-state index contributed by atoms with van der Waals surface area (Å²) >= 11 is 1.50. The Morgan fingerprint density at radius 1 is 0.938 bits per heavy atom. The predicted octanol–water partition coefficient (Wildman–Crippen LogP) is 6.48. The topological polar surface area (TPSA) is 172 Å². The summed E-state index contributed by atoms with van der Waals surface area (Å²) < 4.78 is 17.5. The highest BCUT2D eigenvalue weighted by Gasteiger charge is 2.43. The summed E-state index contributed by atoms with van der Waals surface area (Å²) in [5.74, 6) is -1.77. The van der Waals surface area contributed by atoms with Crippen molar-refractivity contribution in [2.75, 3.05) is 47.9 Å². The van der Waals surface area contributed by atoms with Gasteiger partial charge in [-0.3, -0.25) is 24.1 Å². The van der Waals surface area contributed by atoms with Crippen molar-refractivity contribution >= 4 is 41.1 Å². The number of likely N-dealkylation sites (N-methyl/N-ethyl adjacent to an activating group) is 2. The zero-order valence-corrected chi connectivity index (χ0v) is 42.5. The van der Waals surface area contributed by atoms with Crippen LogP contribution in [-0.2, 0) is 39.8 Å². The van der Waals surface area contributed by atoms with Crippen LogP contribution < -0.4 is 16.0 Å². The summed E-state index contributed by atoms with van der Waals surface area (Å²) in [6.45, 7) is 20.6. The van der Waals surface area contributed by atoms with Crippen molar-refractivity contribution in [3.8, 4) is 0 Å². The number of benzene rings is 1. The first-order valence-electron chi connectivity index (χ1n) is 23.5. The van der Waals surface area contributed by atoms with Crippen LogP contribution in [-0.4, -0.2) is 139 Å². The molecule has 1 fully saturated rings. The average Bonchev–Trinajstić information content (AvgIpc) is 3.97. The summed E-state index contributed by atoms with van der Waals surface area (Å²) in [7, 11) is 6.77. The van der Waals surface area contributed by atoms with E-state index in [9.17, 15) is 24.0 Å². The Balaban J connectivity index is 1.74. The minimum atomic E-state index is -0.836. The number of aromatic nitrogens is 1. The summed E-state index contributed by atoms with van der Waals surface area (Å²) in [5.41, 5.74) is 0.485. The summed E-state index contributed by atoms with van der Waals surface area (Å²) in [5, 5.41) is 11.8. The van der Waals surface area contributed by atoms with Crippen molar-refractivity contribution in [2.45, 2.75) is 156 Å². The maximum atomic E-state index is 14.6. The lowest BCUT2D eigenvalue weighted by Gasteiger charge is -2.41. The molecule has 3 rings (SSSR count). The van der Waals surface area contributed by atoms with Gasteiger partial charge in [0.25, 0.3) is 0 Å². The largest absolute Gasteiger partial charge is 0.444 e. The van der Waals surface area contributed by atoms with Gasteiger partial charge in [-0.25, -0.2) is 9.78 Å². The van der Waals surface area contributed by atoms with Gasteiger partial charge in [0.2, 0.25) is 23.6 Å². The lowest BCUT2D eigenvalue weighted by Crippen LogP contribution is -2.60. The second-order valence-electron chi connectivity index (χ2n) is 19.4. The number of rotatable bonds is 25. The molecule has 1 aliphatic rings. The number of carbonyl (C=O) groups excluding carboxylic acids is 5. The molecule has 0 bridgehead atoms. The van der Waals surface area contributed by atoms with Gasteiger partial charge in [-0.05, 0) is 76.8 Å². The highest BCUT2D eigenvalue weighted by molar-refractivity contribution is 7.09. The molecule has 15 nitrogen and oxygen atoms in total. The molecule has 5 amide bonds. The molecule has 1 saturated heterocycles. The van der Waals surface area contributed by atoms with Crippen LogP contribution in [0.25, 0.3) is 0 Å².